The average Bonchev–Trinajstić information content (AvgIpc) is 3.26. The van der Waals surface area contributed by atoms with E-state index in [4.69, 9.17) is 21.7 Å². The first kappa shape index (κ1) is 20.4. The highest BCUT2D eigenvalue weighted by Crippen LogP contribution is 2.25. The summed E-state index contributed by atoms with van der Waals surface area (Å²) in [5.41, 5.74) is 2.16. The number of hydrogen-bond acceptors (Lipinski definition) is 5. The lowest BCUT2D eigenvalue weighted by molar-refractivity contribution is -0.122. The summed E-state index contributed by atoms with van der Waals surface area (Å²) >= 11 is 5.23. The number of methoxy groups -OCH3 is 2. The number of benzene rings is 2. The van der Waals surface area contributed by atoms with Crippen LogP contribution in [0.4, 0.5) is 5.69 Å². The summed E-state index contributed by atoms with van der Waals surface area (Å²) in [6, 6.07) is 16.2. The van der Waals surface area contributed by atoms with E-state index in [2.05, 4.69) is 5.32 Å². The zero-order chi connectivity index (χ0) is 22.0. The van der Waals surface area contributed by atoms with Gasteiger partial charge in [-0.15, -0.1) is 0 Å². The molecule has 1 aliphatic rings. The minimum absolute atomic E-state index is 0.00287. The molecule has 0 atom stereocenters. The largest absolute Gasteiger partial charge is 0.497 e. The number of hydrogen-bond donors (Lipinski definition) is 1. The minimum atomic E-state index is -0.531. The quantitative estimate of drug-likeness (QED) is 0.380. The average molecular weight is 433 g/mol. The lowest BCUT2D eigenvalue weighted by atomic mass is 10.1. The van der Waals surface area contributed by atoms with Gasteiger partial charge >= 0.3 is 0 Å². The third-order valence-corrected chi connectivity index (χ3v) is 5.11. The zero-order valence-corrected chi connectivity index (χ0v) is 17.7. The molecule has 0 unspecified atom stereocenters. The summed E-state index contributed by atoms with van der Waals surface area (Å²) in [6.45, 7) is 0. The van der Waals surface area contributed by atoms with Crippen molar-refractivity contribution in [3.05, 3.63) is 78.1 Å². The van der Waals surface area contributed by atoms with Crippen LogP contribution in [0.15, 0.2) is 72.6 Å². The number of rotatable bonds is 5. The molecular weight excluding hydrogens is 414 g/mol. The maximum Gasteiger partial charge on any atom is 0.270 e. The lowest BCUT2D eigenvalue weighted by Gasteiger charge is -2.28. The van der Waals surface area contributed by atoms with E-state index in [0.717, 1.165) is 11.4 Å². The fourth-order valence-corrected chi connectivity index (χ4v) is 3.48. The van der Waals surface area contributed by atoms with E-state index < -0.39 is 11.8 Å². The summed E-state index contributed by atoms with van der Waals surface area (Å²) in [4.78, 5) is 26.9. The molecule has 2 aromatic carbocycles. The lowest BCUT2D eigenvalue weighted by Crippen LogP contribution is -2.54. The summed E-state index contributed by atoms with van der Waals surface area (Å²) in [6.07, 6.45) is 5.24. The molecule has 8 heteroatoms. The fraction of sp³-hybridized carbons (Fsp3) is 0.0870. The molecule has 0 saturated carbocycles. The molecule has 1 saturated heterocycles. The molecule has 0 radical (unpaired) electrons. The summed E-state index contributed by atoms with van der Waals surface area (Å²) < 4.78 is 12.2. The predicted octanol–water partition coefficient (Wildman–Crippen LogP) is 3.33. The highest BCUT2D eigenvalue weighted by molar-refractivity contribution is 7.80. The third-order valence-electron chi connectivity index (χ3n) is 4.83. The molecule has 7 nitrogen and oxygen atoms in total. The van der Waals surface area contributed by atoms with Crippen molar-refractivity contribution in [3.8, 4) is 17.2 Å². The van der Waals surface area contributed by atoms with Gasteiger partial charge in [-0.25, -0.2) is 0 Å². The first-order valence-electron chi connectivity index (χ1n) is 9.38. The van der Waals surface area contributed by atoms with Gasteiger partial charge in [-0.3, -0.25) is 19.8 Å². The van der Waals surface area contributed by atoms with Crippen molar-refractivity contribution in [1.82, 2.24) is 9.88 Å². The van der Waals surface area contributed by atoms with Crippen LogP contribution in [0.1, 0.15) is 5.56 Å². The molecule has 3 aromatic rings. The highest BCUT2D eigenvalue weighted by atomic mass is 32.1. The van der Waals surface area contributed by atoms with Gasteiger partial charge in [0.2, 0.25) is 0 Å². The van der Waals surface area contributed by atoms with Gasteiger partial charge in [-0.2, -0.15) is 0 Å². The number of aromatic nitrogens is 1. The summed E-state index contributed by atoms with van der Waals surface area (Å²) in [5, 5.41) is 2.62. The van der Waals surface area contributed by atoms with Crippen LogP contribution in [0, 0.1) is 0 Å². The van der Waals surface area contributed by atoms with Crippen LogP contribution in [-0.2, 0) is 9.59 Å². The summed E-state index contributed by atoms with van der Waals surface area (Å²) in [7, 11) is 3.17. The van der Waals surface area contributed by atoms with Crippen molar-refractivity contribution in [2.75, 3.05) is 19.1 Å². The molecule has 1 aliphatic heterocycles. The Morgan fingerprint density at radius 2 is 1.45 bits per heavy atom. The topological polar surface area (TPSA) is 72.8 Å². The second kappa shape index (κ2) is 8.45. The number of amides is 2. The Labute approximate surface area is 184 Å². The number of carbonyl (C=O) groups excluding carboxylic acids is 2. The van der Waals surface area contributed by atoms with Gasteiger partial charge in [-0.1, -0.05) is 0 Å². The summed E-state index contributed by atoms with van der Waals surface area (Å²) in [5.74, 6) is 0.393. The van der Waals surface area contributed by atoms with E-state index in [1.807, 2.05) is 47.3 Å². The van der Waals surface area contributed by atoms with E-state index in [-0.39, 0.29) is 10.7 Å². The van der Waals surface area contributed by atoms with E-state index in [9.17, 15) is 9.59 Å². The van der Waals surface area contributed by atoms with Gasteiger partial charge in [0.1, 0.15) is 17.1 Å². The molecule has 1 aromatic heterocycles. The Hall–Kier alpha value is -3.91. The first-order chi connectivity index (χ1) is 15.0. The van der Waals surface area contributed by atoms with Gasteiger partial charge in [-0.05, 0) is 78.5 Å². The Balaban J connectivity index is 1.63. The van der Waals surface area contributed by atoms with Crippen LogP contribution < -0.4 is 19.7 Å². The van der Waals surface area contributed by atoms with Gasteiger partial charge in [0.25, 0.3) is 11.8 Å². The smallest absolute Gasteiger partial charge is 0.270 e. The molecule has 2 heterocycles. The van der Waals surface area contributed by atoms with E-state index >= 15 is 0 Å². The van der Waals surface area contributed by atoms with Crippen molar-refractivity contribution in [2.24, 2.45) is 0 Å². The van der Waals surface area contributed by atoms with Crippen molar-refractivity contribution < 1.29 is 19.1 Å². The van der Waals surface area contributed by atoms with Gasteiger partial charge in [0.15, 0.2) is 5.11 Å². The van der Waals surface area contributed by atoms with Gasteiger partial charge < -0.3 is 14.0 Å². The molecule has 2 amide bonds. The van der Waals surface area contributed by atoms with E-state index in [0.29, 0.717) is 17.0 Å². The van der Waals surface area contributed by atoms with E-state index in [1.165, 1.54) is 4.90 Å². The molecule has 1 fully saturated rings. The zero-order valence-electron chi connectivity index (χ0n) is 16.9. The van der Waals surface area contributed by atoms with Crippen LogP contribution in [-0.4, -0.2) is 35.7 Å². The van der Waals surface area contributed by atoms with Crippen LogP contribution >= 0.6 is 12.2 Å². The molecular formula is C23H19N3O4S. The van der Waals surface area contributed by atoms with Crippen LogP contribution in [0.5, 0.6) is 11.5 Å². The van der Waals surface area contributed by atoms with Crippen molar-refractivity contribution in [1.29, 1.82) is 0 Å². The number of nitrogens with one attached hydrogen (secondary N) is 1. The van der Waals surface area contributed by atoms with Gasteiger partial charge in [0, 0.05) is 18.1 Å². The molecule has 0 bridgehead atoms. The number of thiocarbonyl (C=S) groups is 1. The number of nitrogens with zero attached hydrogens (tertiary/aromatic N) is 2. The van der Waals surface area contributed by atoms with Crippen molar-refractivity contribution in [2.45, 2.75) is 0 Å². The molecule has 0 spiro atoms. The Morgan fingerprint density at radius 3 is 2.03 bits per heavy atom. The van der Waals surface area contributed by atoms with Crippen LogP contribution in [0.2, 0.25) is 0 Å². The van der Waals surface area contributed by atoms with Gasteiger partial charge in [0.05, 0.1) is 19.9 Å². The molecule has 0 aliphatic carbocycles. The Morgan fingerprint density at radius 1 is 0.871 bits per heavy atom. The minimum Gasteiger partial charge on any atom is -0.497 e. The number of ether oxygens (including phenoxy) is 2. The third kappa shape index (κ3) is 4.06. The second-order valence-electron chi connectivity index (χ2n) is 6.71. The Bertz CT molecular complexity index is 1180. The Kier molecular flexibility index (Phi) is 5.55. The fourth-order valence-electron chi connectivity index (χ4n) is 3.20. The number of anilines is 1. The van der Waals surface area contributed by atoms with E-state index in [1.54, 1.807) is 44.6 Å². The molecule has 4 rings (SSSR count). The standard InChI is InChI=1S/C23H19N3O4S/c1-29-18-7-3-16(4-8-18)25-12-11-15(14-25)13-20-21(27)24-23(31)26(22(20)28)17-5-9-19(30-2)10-6-17/h3-14H,1-2H3,(H,24,27,31)/b20-13-. The first-order valence-corrected chi connectivity index (χ1v) is 9.79. The molecule has 1 N–H and O–H groups in total. The van der Waals surface area contributed by atoms with Crippen molar-refractivity contribution in [3.63, 3.8) is 0 Å². The SMILES string of the molecule is COc1ccc(N2C(=O)/C(=C\c3ccn(-c4ccc(OC)cc4)c3)C(=O)NC2=S)cc1. The highest BCUT2D eigenvalue weighted by Gasteiger charge is 2.34. The predicted molar refractivity (Wildman–Crippen MR) is 122 cm³/mol. The maximum absolute atomic E-state index is 13.1. The number of carbonyl (C=O) groups is 2. The van der Waals surface area contributed by atoms with Crippen LogP contribution in [0.3, 0.4) is 0 Å². The monoisotopic (exact) mass is 433 g/mol. The maximum atomic E-state index is 13.1. The van der Waals surface area contributed by atoms with Crippen molar-refractivity contribution >= 4 is 40.9 Å². The normalized spacial score (nSPS) is 15.2. The second-order valence-corrected chi connectivity index (χ2v) is 7.09. The molecule has 156 valence electrons. The molecule has 31 heavy (non-hydrogen) atoms. The van der Waals surface area contributed by atoms with Crippen LogP contribution in [0.25, 0.3) is 11.8 Å².